The molecule has 0 radical (unpaired) electrons. The number of amides is 1. The summed E-state index contributed by atoms with van der Waals surface area (Å²) in [6, 6.07) is 8.98. The number of ether oxygens (including phenoxy) is 2. The second kappa shape index (κ2) is 12.6. The molecule has 3 aliphatic rings. The van der Waals surface area contributed by atoms with Crippen LogP contribution in [0.15, 0.2) is 43.0 Å². The molecule has 2 aromatic carbocycles. The van der Waals surface area contributed by atoms with E-state index in [4.69, 9.17) is 37.6 Å². The highest BCUT2D eigenvalue weighted by atomic mass is 35.5. The smallest absolute Gasteiger partial charge is 0.319 e. The Kier molecular flexibility index (Phi) is 8.58. The Bertz CT molecular complexity index is 1630. The van der Waals surface area contributed by atoms with Crippen molar-refractivity contribution in [1.82, 2.24) is 19.8 Å². The molecule has 0 unspecified atom stereocenters. The van der Waals surface area contributed by atoms with Gasteiger partial charge in [-0.15, -0.1) is 0 Å². The van der Waals surface area contributed by atoms with Crippen LogP contribution in [0.2, 0.25) is 5.02 Å². The monoisotopic (exact) mass is 619 g/mol. The third-order valence-electron chi connectivity index (χ3n) is 8.74. The molecule has 230 valence electrons. The van der Waals surface area contributed by atoms with Crippen molar-refractivity contribution in [3.05, 3.63) is 76.5 Å². The average molecular weight is 620 g/mol. The molecule has 3 aromatic rings. The number of anilines is 2. The van der Waals surface area contributed by atoms with E-state index < -0.39 is 5.82 Å². The van der Waals surface area contributed by atoms with Crippen LogP contribution in [-0.4, -0.2) is 104 Å². The molecule has 4 heterocycles. The van der Waals surface area contributed by atoms with Gasteiger partial charge in [-0.1, -0.05) is 36.4 Å². The number of rotatable bonds is 7. The first-order valence-corrected chi connectivity index (χ1v) is 15.1. The number of aromatic nitrogens is 2. The lowest BCUT2D eigenvalue weighted by atomic mass is 10.0. The number of benzene rings is 2. The summed E-state index contributed by atoms with van der Waals surface area (Å²) < 4.78 is 26.7. The highest BCUT2D eigenvalue weighted by Gasteiger charge is 2.36. The Hall–Kier alpha value is -3.98. The maximum Gasteiger partial charge on any atom is 0.319 e. The van der Waals surface area contributed by atoms with Gasteiger partial charge in [-0.2, -0.15) is 9.97 Å². The van der Waals surface area contributed by atoms with Crippen LogP contribution in [-0.2, 0) is 22.5 Å². The number of carbonyl (C=O) groups is 1. The molecule has 1 aromatic heterocycles. The number of likely N-dealkylation sites (N-methyl/N-ethyl adjacent to an activating group) is 1. The molecule has 0 saturated carbocycles. The van der Waals surface area contributed by atoms with Crippen LogP contribution in [0, 0.1) is 12.4 Å². The van der Waals surface area contributed by atoms with Gasteiger partial charge in [0.2, 0.25) is 12.5 Å². The van der Waals surface area contributed by atoms with Crippen LogP contribution >= 0.6 is 11.6 Å². The number of hydrogen-bond donors (Lipinski definition) is 0. The van der Waals surface area contributed by atoms with Crippen LogP contribution in [0.1, 0.15) is 11.3 Å². The van der Waals surface area contributed by atoms with Gasteiger partial charge in [0.25, 0.3) is 0 Å². The fourth-order valence-electron chi connectivity index (χ4n) is 6.43. The fraction of sp³-hybridized carbons (Fsp3) is 0.438. The fourth-order valence-corrected chi connectivity index (χ4v) is 6.70. The third kappa shape index (κ3) is 5.65. The molecule has 44 heavy (non-hydrogen) atoms. The van der Waals surface area contributed by atoms with Crippen LogP contribution in [0.3, 0.4) is 0 Å². The zero-order valence-corrected chi connectivity index (χ0v) is 25.6. The highest BCUT2D eigenvalue weighted by Crippen LogP contribution is 2.38. The van der Waals surface area contributed by atoms with Gasteiger partial charge in [-0.05, 0) is 44.1 Å². The Morgan fingerprint density at radius 2 is 2.07 bits per heavy atom. The van der Waals surface area contributed by atoms with E-state index in [1.165, 1.54) is 12.1 Å². The molecule has 0 bridgehead atoms. The Morgan fingerprint density at radius 1 is 1.23 bits per heavy atom. The number of hydrogen-bond acceptors (Lipinski definition) is 8. The average Bonchev–Trinajstić information content (AvgIpc) is 3.50. The van der Waals surface area contributed by atoms with Crippen LogP contribution in [0.25, 0.3) is 15.6 Å². The predicted molar refractivity (Wildman–Crippen MR) is 168 cm³/mol. The lowest BCUT2D eigenvalue weighted by Crippen LogP contribution is -2.56. The molecule has 12 heteroatoms. The topological polar surface area (TPSA) is 78.6 Å². The summed E-state index contributed by atoms with van der Waals surface area (Å²) in [6.45, 7) is 14.9. The second-order valence-corrected chi connectivity index (χ2v) is 11.9. The van der Waals surface area contributed by atoms with Crippen molar-refractivity contribution in [2.75, 3.05) is 69.8 Å². The van der Waals surface area contributed by atoms with Crippen LogP contribution in [0.5, 0.6) is 6.01 Å². The number of carbonyl (C=O) groups excluding carboxylic acids is 1. The zero-order valence-electron chi connectivity index (χ0n) is 24.9. The minimum Gasteiger partial charge on any atom is -0.456 e. The van der Waals surface area contributed by atoms with Gasteiger partial charge in [-0.3, -0.25) is 4.79 Å². The van der Waals surface area contributed by atoms with Crippen molar-refractivity contribution in [2.24, 2.45) is 0 Å². The molecule has 2 fully saturated rings. The van der Waals surface area contributed by atoms with E-state index in [0.717, 1.165) is 28.1 Å². The van der Waals surface area contributed by atoms with Crippen molar-refractivity contribution in [2.45, 2.75) is 31.2 Å². The first kappa shape index (κ1) is 30.1. The van der Waals surface area contributed by atoms with Gasteiger partial charge in [0.15, 0.2) is 0 Å². The quantitative estimate of drug-likeness (QED) is 0.292. The second-order valence-electron chi connectivity index (χ2n) is 11.6. The SMILES string of the molecule is [C-]#[N+]C[C@H]1CN(c2nc(O[C@@H]3COC[C@H]3N(C)C)nc3c2CCN(c2cccc4ccc(F)c(Cl)c24)C3)CCN1C(=O)C=C. The summed E-state index contributed by atoms with van der Waals surface area (Å²) in [5, 5.41) is 1.64. The van der Waals surface area contributed by atoms with Crippen LogP contribution < -0.4 is 14.5 Å². The molecule has 1 amide bonds. The predicted octanol–water partition coefficient (Wildman–Crippen LogP) is 3.82. The largest absolute Gasteiger partial charge is 0.456 e. The summed E-state index contributed by atoms with van der Waals surface area (Å²) in [4.78, 5) is 34.1. The lowest BCUT2D eigenvalue weighted by molar-refractivity contribution is -0.128. The third-order valence-corrected chi connectivity index (χ3v) is 9.11. The summed E-state index contributed by atoms with van der Waals surface area (Å²) in [7, 11) is 3.98. The van der Waals surface area contributed by atoms with Gasteiger partial charge in [0, 0.05) is 42.8 Å². The molecule has 2 saturated heterocycles. The van der Waals surface area contributed by atoms with E-state index in [0.29, 0.717) is 57.7 Å². The molecule has 0 spiro atoms. The molecule has 0 aliphatic carbocycles. The van der Waals surface area contributed by atoms with Crippen molar-refractivity contribution in [3.8, 4) is 6.01 Å². The number of nitrogens with zero attached hydrogens (tertiary/aromatic N) is 7. The van der Waals surface area contributed by atoms with E-state index in [2.05, 4.69) is 26.1 Å². The number of halogens is 2. The normalized spacial score (nSPS) is 21.8. The zero-order chi connectivity index (χ0) is 31.0. The molecule has 0 N–H and O–H groups in total. The molecule has 6 rings (SSSR count). The number of piperazine rings is 1. The summed E-state index contributed by atoms with van der Waals surface area (Å²) in [5.74, 6) is 0.123. The van der Waals surface area contributed by atoms with Crippen molar-refractivity contribution in [1.29, 1.82) is 0 Å². The highest BCUT2D eigenvalue weighted by molar-refractivity contribution is 6.36. The van der Waals surface area contributed by atoms with Gasteiger partial charge in [0.1, 0.15) is 23.8 Å². The minimum absolute atomic E-state index is 0.0545. The molecule has 3 atom stereocenters. The van der Waals surface area contributed by atoms with E-state index in [-0.39, 0.29) is 41.7 Å². The van der Waals surface area contributed by atoms with Gasteiger partial charge in [-0.25, -0.2) is 11.0 Å². The van der Waals surface area contributed by atoms with Gasteiger partial charge < -0.3 is 33.9 Å². The van der Waals surface area contributed by atoms with E-state index >= 15 is 0 Å². The Labute approximate surface area is 261 Å². The van der Waals surface area contributed by atoms with Gasteiger partial charge in [0.05, 0.1) is 36.5 Å². The Morgan fingerprint density at radius 3 is 2.84 bits per heavy atom. The number of fused-ring (bicyclic) bond motifs is 2. The molecular formula is C32H35ClFN7O3. The van der Waals surface area contributed by atoms with E-state index in [1.54, 1.807) is 11.0 Å². The first-order chi connectivity index (χ1) is 21.3. The summed E-state index contributed by atoms with van der Waals surface area (Å²) >= 11 is 6.50. The van der Waals surface area contributed by atoms with E-state index in [1.807, 2.05) is 32.3 Å². The minimum atomic E-state index is -0.457. The van der Waals surface area contributed by atoms with Crippen molar-refractivity contribution >= 4 is 39.8 Å². The maximum absolute atomic E-state index is 14.6. The van der Waals surface area contributed by atoms with E-state index in [9.17, 15) is 9.18 Å². The van der Waals surface area contributed by atoms with Crippen molar-refractivity contribution in [3.63, 3.8) is 0 Å². The van der Waals surface area contributed by atoms with Gasteiger partial charge >= 0.3 is 6.01 Å². The molecule has 3 aliphatic heterocycles. The Balaban J connectivity index is 1.38. The lowest BCUT2D eigenvalue weighted by Gasteiger charge is -2.41. The maximum atomic E-state index is 14.6. The summed E-state index contributed by atoms with van der Waals surface area (Å²) in [5.41, 5.74) is 2.65. The standard InChI is InChI=1S/C32H35ClFN7O3/c1-5-28(42)41-14-13-40(16-21(41)15-35-2)31-22-11-12-39(25-8-6-7-20-9-10-23(34)30(33)29(20)25)17-24(22)36-32(37-31)44-27-19-43-18-26(27)38(3)4/h5-10,21,26-27H,1,11-19H2,3-4H3/t21-,26+,27+/m0/s1. The molecule has 10 nitrogen and oxygen atoms in total. The molecular weight excluding hydrogens is 585 g/mol. The van der Waals surface area contributed by atoms with Crippen LogP contribution in [0.4, 0.5) is 15.9 Å². The summed E-state index contributed by atoms with van der Waals surface area (Å²) in [6.07, 6.45) is 1.70. The first-order valence-electron chi connectivity index (χ1n) is 14.7. The van der Waals surface area contributed by atoms with Crippen molar-refractivity contribution < 1.29 is 18.7 Å².